The summed E-state index contributed by atoms with van der Waals surface area (Å²) in [5.74, 6) is -1.45. The van der Waals surface area contributed by atoms with Gasteiger partial charge in [0.15, 0.2) is 0 Å². The molecule has 1 aromatic rings. The van der Waals surface area contributed by atoms with Crippen LogP contribution in [-0.2, 0) is 0 Å². The first-order valence-corrected chi connectivity index (χ1v) is 6.38. The minimum absolute atomic E-state index is 0.152. The van der Waals surface area contributed by atoms with Crippen LogP contribution in [0.2, 0.25) is 0 Å². The van der Waals surface area contributed by atoms with Crippen molar-refractivity contribution in [2.75, 3.05) is 13.1 Å². The van der Waals surface area contributed by atoms with Crippen molar-refractivity contribution < 1.29 is 19.3 Å². The van der Waals surface area contributed by atoms with Crippen LogP contribution in [0.15, 0.2) is 23.4 Å². The van der Waals surface area contributed by atoms with E-state index in [4.69, 9.17) is 5.21 Å². The van der Waals surface area contributed by atoms with Crippen LogP contribution in [0.4, 0.5) is 10.1 Å². The number of hydrogen-bond donors (Lipinski definition) is 1. The van der Waals surface area contributed by atoms with Gasteiger partial charge in [-0.3, -0.25) is 14.9 Å². The van der Waals surface area contributed by atoms with Crippen molar-refractivity contribution in [3.8, 4) is 0 Å². The molecule has 1 amide bonds. The van der Waals surface area contributed by atoms with Gasteiger partial charge in [0.2, 0.25) is 0 Å². The fourth-order valence-electron chi connectivity index (χ4n) is 2.37. The van der Waals surface area contributed by atoms with Gasteiger partial charge < -0.3 is 10.1 Å². The quantitative estimate of drug-likeness (QED) is 0.513. The molecule has 1 aliphatic rings. The molecule has 2 rings (SSSR count). The summed E-state index contributed by atoms with van der Waals surface area (Å²) in [6.07, 6.45) is 0.381. The third kappa shape index (κ3) is 2.99. The number of hydrogen-bond acceptors (Lipinski definition) is 5. The van der Waals surface area contributed by atoms with Crippen LogP contribution in [0.25, 0.3) is 0 Å². The average molecular weight is 295 g/mol. The topological polar surface area (TPSA) is 96.0 Å². The van der Waals surface area contributed by atoms with Crippen LogP contribution in [0.5, 0.6) is 0 Å². The van der Waals surface area contributed by atoms with Gasteiger partial charge in [-0.05, 0) is 12.1 Å². The molecule has 1 unspecified atom stereocenters. The fraction of sp³-hybridized carbons (Fsp3) is 0.385. The Morgan fingerprint density at radius 1 is 1.57 bits per heavy atom. The number of halogens is 1. The number of rotatable bonds is 2. The molecule has 112 valence electrons. The summed E-state index contributed by atoms with van der Waals surface area (Å²) in [7, 11) is 0. The standard InChI is InChI=1S/C13H14FN3O4/c1-8-7-16(5-4-11(8)15-19)13(18)10-6-9(14)2-3-12(10)17(20)21/h2-3,6,8,19H,4-5,7H2,1H3/b15-11+. The number of nitrogens with zero attached hydrogens (tertiary/aromatic N) is 3. The SMILES string of the molecule is CC1CN(C(=O)c2cc(F)ccc2[N+](=O)[O-])CC/C1=N\O. The lowest BCUT2D eigenvalue weighted by Gasteiger charge is -2.31. The van der Waals surface area contributed by atoms with Crippen molar-refractivity contribution in [3.63, 3.8) is 0 Å². The predicted octanol–water partition coefficient (Wildman–Crippen LogP) is 2.05. The largest absolute Gasteiger partial charge is 0.411 e. The highest BCUT2D eigenvalue weighted by molar-refractivity contribution is 5.99. The Morgan fingerprint density at radius 3 is 2.86 bits per heavy atom. The van der Waals surface area contributed by atoms with Crippen LogP contribution in [0.1, 0.15) is 23.7 Å². The minimum Gasteiger partial charge on any atom is -0.411 e. The maximum atomic E-state index is 13.3. The number of nitro benzene ring substituents is 1. The highest BCUT2D eigenvalue weighted by Crippen LogP contribution is 2.23. The van der Waals surface area contributed by atoms with Crippen molar-refractivity contribution in [2.45, 2.75) is 13.3 Å². The molecule has 0 radical (unpaired) electrons. The summed E-state index contributed by atoms with van der Waals surface area (Å²) in [6.45, 7) is 2.33. The van der Waals surface area contributed by atoms with Crippen molar-refractivity contribution in [2.24, 2.45) is 11.1 Å². The van der Waals surface area contributed by atoms with Crippen LogP contribution in [0.3, 0.4) is 0 Å². The Bertz CT molecular complexity index is 617. The predicted molar refractivity (Wildman–Crippen MR) is 72.0 cm³/mol. The minimum atomic E-state index is -0.708. The molecule has 1 N–H and O–H groups in total. The Balaban J connectivity index is 2.29. The summed E-state index contributed by atoms with van der Waals surface area (Å²) in [6, 6.07) is 2.81. The number of carbonyl (C=O) groups is 1. The van der Waals surface area contributed by atoms with E-state index in [1.54, 1.807) is 6.92 Å². The molecule has 1 atom stereocenters. The first-order valence-electron chi connectivity index (χ1n) is 6.38. The molecule has 0 bridgehead atoms. The highest BCUT2D eigenvalue weighted by Gasteiger charge is 2.30. The normalized spacial score (nSPS) is 20.6. The van der Waals surface area contributed by atoms with E-state index < -0.39 is 22.3 Å². The maximum absolute atomic E-state index is 13.3. The van der Waals surface area contributed by atoms with Crippen molar-refractivity contribution in [1.29, 1.82) is 0 Å². The van der Waals surface area contributed by atoms with Crippen molar-refractivity contribution in [1.82, 2.24) is 4.90 Å². The molecule has 0 spiro atoms. The molecule has 0 aromatic heterocycles. The van der Waals surface area contributed by atoms with E-state index >= 15 is 0 Å². The monoisotopic (exact) mass is 295 g/mol. The second kappa shape index (κ2) is 5.86. The third-order valence-electron chi connectivity index (χ3n) is 3.50. The van der Waals surface area contributed by atoms with Crippen LogP contribution < -0.4 is 0 Å². The summed E-state index contributed by atoms with van der Waals surface area (Å²) < 4.78 is 13.3. The average Bonchev–Trinajstić information content (AvgIpc) is 2.45. The Morgan fingerprint density at radius 2 is 2.29 bits per heavy atom. The zero-order chi connectivity index (χ0) is 15.6. The van der Waals surface area contributed by atoms with E-state index in [1.165, 1.54) is 4.90 Å². The lowest BCUT2D eigenvalue weighted by molar-refractivity contribution is -0.385. The molecule has 1 fully saturated rings. The van der Waals surface area contributed by atoms with Crippen LogP contribution in [-0.4, -0.2) is 39.7 Å². The number of oxime groups is 1. The van der Waals surface area contributed by atoms with Gasteiger partial charge in [0.1, 0.15) is 11.4 Å². The van der Waals surface area contributed by atoms with E-state index in [0.717, 1.165) is 18.2 Å². The molecule has 7 nitrogen and oxygen atoms in total. The Labute approximate surface area is 119 Å². The molecule has 1 aromatic carbocycles. The van der Waals surface area contributed by atoms with Gasteiger partial charge in [-0.2, -0.15) is 0 Å². The molecule has 8 heteroatoms. The number of likely N-dealkylation sites (tertiary alicyclic amines) is 1. The number of piperidine rings is 1. The highest BCUT2D eigenvalue weighted by atomic mass is 19.1. The van der Waals surface area contributed by atoms with E-state index in [2.05, 4.69) is 5.16 Å². The van der Waals surface area contributed by atoms with Gasteiger partial charge in [-0.15, -0.1) is 0 Å². The second-order valence-electron chi connectivity index (χ2n) is 4.91. The lowest BCUT2D eigenvalue weighted by atomic mass is 9.97. The van der Waals surface area contributed by atoms with Gasteiger partial charge in [-0.25, -0.2) is 4.39 Å². The Hall–Kier alpha value is -2.51. The van der Waals surface area contributed by atoms with Crippen LogP contribution >= 0.6 is 0 Å². The lowest BCUT2D eigenvalue weighted by Crippen LogP contribution is -2.43. The van der Waals surface area contributed by atoms with E-state index in [9.17, 15) is 19.3 Å². The summed E-state index contributed by atoms with van der Waals surface area (Å²) >= 11 is 0. The maximum Gasteiger partial charge on any atom is 0.282 e. The number of amides is 1. The smallest absolute Gasteiger partial charge is 0.282 e. The number of nitro groups is 1. The van der Waals surface area contributed by atoms with Gasteiger partial charge in [0.25, 0.3) is 11.6 Å². The van der Waals surface area contributed by atoms with Gasteiger partial charge in [0.05, 0.1) is 10.6 Å². The molecule has 1 saturated heterocycles. The number of benzene rings is 1. The van der Waals surface area contributed by atoms with Crippen LogP contribution in [0, 0.1) is 21.8 Å². The zero-order valence-electron chi connectivity index (χ0n) is 11.3. The van der Waals surface area contributed by atoms with E-state index in [-0.39, 0.29) is 24.6 Å². The molecule has 21 heavy (non-hydrogen) atoms. The van der Waals surface area contributed by atoms with E-state index in [1.807, 2.05) is 0 Å². The first kappa shape index (κ1) is 14.9. The van der Waals surface area contributed by atoms with Crippen molar-refractivity contribution >= 4 is 17.3 Å². The molecule has 0 saturated carbocycles. The van der Waals surface area contributed by atoms with E-state index in [0.29, 0.717) is 12.1 Å². The third-order valence-corrected chi connectivity index (χ3v) is 3.50. The molecular weight excluding hydrogens is 281 g/mol. The molecule has 1 aliphatic heterocycles. The van der Waals surface area contributed by atoms with Gasteiger partial charge in [0, 0.05) is 31.5 Å². The fourth-order valence-corrected chi connectivity index (χ4v) is 2.37. The molecular formula is C13H14FN3O4. The Kier molecular flexibility index (Phi) is 4.15. The summed E-state index contributed by atoms with van der Waals surface area (Å²) in [5, 5.41) is 22.9. The zero-order valence-corrected chi connectivity index (χ0v) is 11.3. The van der Waals surface area contributed by atoms with Gasteiger partial charge in [-0.1, -0.05) is 12.1 Å². The first-order chi connectivity index (χ1) is 9.93. The van der Waals surface area contributed by atoms with Gasteiger partial charge >= 0.3 is 0 Å². The molecule has 0 aliphatic carbocycles. The van der Waals surface area contributed by atoms with Crippen molar-refractivity contribution in [3.05, 3.63) is 39.7 Å². The summed E-state index contributed by atoms with van der Waals surface area (Å²) in [4.78, 5) is 24.0. The second-order valence-corrected chi connectivity index (χ2v) is 4.91. The summed E-state index contributed by atoms with van der Waals surface area (Å²) in [5.41, 5.74) is -0.111. The molecule has 1 heterocycles. The number of carbonyl (C=O) groups excluding carboxylic acids is 1.